The first-order valence-electron chi connectivity index (χ1n) is 6.55. The van der Waals surface area contributed by atoms with Crippen molar-refractivity contribution in [3.63, 3.8) is 0 Å². The lowest BCUT2D eigenvalue weighted by molar-refractivity contribution is -0.129. The number of esters is 1. The van der Waals surface area contributed by atoms with Crippen LogP contribution in [0.5, 0.6) is 5.75 Å². The summed E-state index contributed by atoms with van der Waals surface area (Å²) in [6.07, 6.45) is 2.05. The summed E-state index contributed by atoms with van der Waals surface area (Å²) in [6.45, 7) is 0. The molecule has 1 amide bonds. The SMILES string of the molecule is CN(C(=O)/C=C/C(=O)Oc1ccccc1F)c1ccccc1. The highest BCUT2D eigenvalue weighted by molar-refractivity contribution is 6.04. The van der Waals surface area contributed by atoms with Gasteiger partial charge < -0.3 is 9.64 Å². The van der Waals surface area contributed by atoms with Crippen molar-refractivity contribution in [3.05, 3.63) is 72.6 Å². The fourth-order valence-electron chi connectivity index (χ4n) is 1.70. The predicted octanol–water partition coefficient (Wildman–Crippen LogP) is 2.95. The average Bonchev–Trinajstić information content (AvgIpc) is 2.55. The Morgan fingerprint density at radius 2 is 1.64 bits per heavy atom. The van der Waals surface area contributed by atoms with E-state index in [4.69, 9.17) is 4.74 Å². The second-order valence-corrected chi connectivity index (χ2v) is 4.42. The fourth-order valence-corrected chi connectivity index (χ4v) is 1.70. The summed E-state index contributed by atoms with van der Waals surface area (Å²) in [5.41, 5.74) is 0.694. The summed E-state index contributed by atoms with van der Waals surface area (Å²) in [5.74, 6) is -2.03. The van der Waals surface area contributed by atoms with Crippen LogP contribution in [0.4, 0.5) is 10.1 Å². The van der Waals surface area contributed by atoms with Gasteiger partial charge >= 0.3 is 5.97 Å². The van der Waals surface area contributed by atoms with E-state index in [0.29, 0.717) is 5.69 Å². The number of anilines is 1. The summed E-state index contributed by atoms with van der Waals surface area (Å²) >= 11 is 0. The molecular formula is C17H14FNO3. The number of hydrogen-bond donors (Lipinski definition) is 0. The fraction of sp³-hybridized carbons (Fsp3) is 0.0588. The van der Waals surface area contributed by atoms with Gasteiger partial charge in [0.15, 0.2) is 11.6 Å². The predicted molar refractivity (Wildman–Crippen MR) is 81.0 cm³/mol. The molecule has 0 aliphatic heterocycles. The molecule has 0 unspecified atom stereocenters. The van der Waals surface area contributed by atoms with Crippen LogP contribution in [0.15, 0.2) is 66.7 Å². The summed E-state index contributed by atoms with van der Waals surface area (Å²) in [6, 6.07) is 14.5. The molecule has 0 radical (unpaired) electrons. The van der Waals surface area contributed by atoms with Gasteiger partial charge in [0.2, 0.25) is 0 Å². The molecule has 0 N–H and O–H groups in total. The second-order valence-electron chi connectivity index (χ2n) is 4.42. The third-order valence-corrected chi connectivity index (χ3v) is 2.88. The summed E-state index contributed by atoms with van der Waals surface area (Å²) in [7, 11) is 1.59. The molecule has 0 aliphatic rings. The van der Waals surface area contributed by atoms with Crippen molar-refractivity contribution in [2.45, 2.75) is 0 Å². The first-order chi connectivity index (χ1) is 10.6. The molecule has 0 fully saturated rings. The number of para-hydroxylation sites is 2. The van der Waals surface area contributed by atoms with Crippen LogP contribution in [0.1, 0.15) is 0 Å². The molecule has 2 rings (SSSR count). The van der Waals surface area contributed by atoms with Crippen LogP contribution < -0.4 is 9.64 Å². The number of likely N-dealkylation sites (N-methyl/N-ethyl adjacent to an activating group) is 1. The smallest absolute Gasteiger partial charge is 0.336 e. The maximum atomic E-state index is 13.3. The van der Waals surface area contributed by atoms with E-state index in [-0.39, 0.29) is 5.75 Å². The number of rotatable bonds is 4. The molecule has 2 aromatic rings. The standard InChI is InChI=1S/C17H14FNO3/c1-19(13-7-3-2-4-8-13)16(20)11-12-17(21)22-15-10-6-5-9-14(15)18/h2-12H,1H3/b12-11+. The van der Waals surface area contributed by atoms with Crippen LogP contribution in [0.2, 0.25) is 0 Å². The van der Waals surface area contributed by atoms with Gasteiger partial charge in [-0.2, -0.15) is 0 Å². The Morgan fingerprint density at radius 3 is 2.32 bits per heavy atom. The molecule has 2 aromatic carbocycles. The number of carbonyl (C=O) groups excluding carboxylic acids is 2. The Bertz CT molecular complexity index is 698. The van der Waals surface area contributed by atoms with Gasteiger partial charge in [-0.15, -0.1) is 0 Å². The third-order valence-electron chi connectivity index (χ3n) is 2.88. The second kappa shape index (κ2) is 7.17. The maximum Gasteiger partial charge on any atom is 0.336 e. The Hall–Kier alpha value is -2.95. The van der Waals surface area contributed by atoms with Crippen LogP contribution in [0, 0.1) is 5.82 Å². The largest absolute Gasteiger partial charge is 0.420 e. The first kappa shape index (κ1) is 15.4. The maximum absolute atomic E-state index is 13.3. The van der Waals surface area contributed by atoms with Crippen LogP contribution >= 0.6 is 0 Å². The van der Waals surface area contributed by atoms with E-state index in [2.05, 4.69) is 0 Å². The number of carbonyl (C=O) groups is 2. The van der Waals surface area contributed by atoms with Gasteiger partial charge in [-0.05, 0) is 24.3 Å². The quantitative estimate of drug-likeness (QED) is 0.495. The normalized spacial score (nSPS) is 10.5. The van der Waals surface area contributed by atoms with E-state index in [1.54, 1.807) is 37.4 Å². The molecule has 22 heavy (non-hydrogen) atoms. The zero-order valence-corrected chi connectivity index (χ0v) is 11.9. The van der Waals surface area contributed by atoms with Crippen molar-refractivity contribution >= 4 is 17.6 Å². The zero-order chi connectivity index (χ0) is 15.9. The van der Waals surface area contributed by atoms with Gasteiger partial charge in [-0.1, -0.05) is 30.3 Å². The van der Waals surface area contributed by atoms with Gasteiger partial charge in [-0.3, -0.25) is 4.79 Å². The molecule has 0 aliphatic carbocycles. The van der Waals surface area contributed by atoms with Gasteiger partial charge in [0.25, 0.3) is 5.91 Å². The minimum atomic E-state index is -0.820. The van der Waals surface area contributed by atoms with Gasteiger partial charge in [0, 0.05) is 24.9 Å². The van der Waals surface area contributed by atoms with E-state index >= 15 is 0 Å². The molecule has 0 aromatic heterocycles. The molecule has 0 spiro atoms. The highest BCUT2D eigenvalue weighted by Gasteiger charge is 2.09. The number of hydrogen-bond acceptors (Lipinski definition) is 3. The Labute approximate surface area is 127 Å². The Kier molecular flexibility index (Phi) is 5.03. The number of amides is 1. The molecule has 4 nitrogen and oxygen atoms in total. The highest BCUT2D eigenvalue weighted by Crippen LogP contribution is 2.15. The highest BCUT2D eigenvalue weighted by atomic mass is 19.1. The first-order valence-corrected chi connectivity index (χ1v) is 6.55. The van der Waals surface area contributed by atoms with Gasteiger partial charge in [0.1, 0.15) is 0 Å². The molecule has 0 bridgehead atoms. The Balaban J connectivity index is 1.98. The van der Waals surface area contributed by atoms with Crippen molar-refractivity contribution < 1.29 is 18.7 Å². The van der Waals surface area contributed by atoms with Crippen molar-refractivity contribution in [2.24, 2.45) is 0 Å². The monoisotopic (exact) mass is 299 g/mol. The van der Waals surface area contributed by atoms with E-state index in [1.807, 2.05) is 6.07 Å². The van der Waals surface area contributed by atoms with Crippen LogP contribution in [0.3, 0.4) is 0 Å². The number of nitrogens with zero attached hydrogens (tertiary/aromatic N) is 1. The van der Waals surface area contributed by atoms with E-state index in [1.165, 1.54) is 23.1 Å². The van der Waals surface area contributed by atoms with Crippen LogP contribution in [-0.2, 0) is 9.59 Å². The van der Waals surface area contributed by atoms with Crippen LogP contribution in [0.25, 0.3) is 0 Å². The van der Waals surface area contributed by atoms with E-state index < -0.39 is 17.7 Å². The molecule has 0 saturated carbocycles. The van der Waals surface area contributed by atoms with Crippen molar-refractivity contribution in [3.8, 4) is 5.75 Å². The lowest BCUT2D eigenvalue weighted by atomic mass is 10.3. The number of halogens is 1. The summed E-state index contributed by atoms with van der Waals surface area (Å²) < 4.78 is 18.1. The lowest BCUT2D eigenvalue weighted by Crippen LogP contribution is -2.24. The van der Waals surface area contributed by atoms with Gasteiger partial charge in [-0.25, -0.2) is 9.18 Å². The molecule has 0 heterocycles. The van der Waals surface area contributed by atoms with Crippen molar-refractivity contribution in [1.82, 2.24) is 0 Å². The summed E-state index contributed by atoms with van der Waals surface area (Å²) in [5, 5.41) is 0. The zero-order valence-electron chi connectivity index (χ0n) is 11.9. The number of ether oxygens (including phenoxy) is 1. The van der Waals surface area contributed by atoms with E-state index in [0.717, 1.165) is 12.2 Å². The van der Waals surface area contributed by atoms with Crippen molar-refractivity contribution in [2.75, 3.05) is 11.9 Å². The molecular weight excluding hydrogens is 285 g/mol. The lowest BCUT2D eigenvalue weighted by Gasteiger charge is -2.14. The molecule has 112 valence electrons. The summed E-state index contributed by atoms with van der Waals surface area (Å²) in [4.78, 5) is 24.9. The minimum Gasteiger partial charge on any atom is -0.420 e. The Morgan fingerprint density at radius 1 is 1.00 bits per heavy atom. The minimum absolute atomic E-state index is 0.180. The molecule has 0 atom stereocenters. The molecule has 0 saturated heterocycles. The average molecular weight is 299 g/mol. The molecule has 5 heteroatoms. The third kappa shape index (κ3) is 4.02. The topological polar surface area (TPSA) is 46.6 Å². The van der Waals surface area contributed by atoms with Crippen molar-refractivity contribution in [1.29, 1.82) is 0 Å². The van der Waals surface area contributed by atoms with Gasteiger partial charge in [0.05, 0.1) is 0 Å². The van der Waals surface area contributed by atoms with Crippen LogP contribution in [-0.4, -0.2) is 18.9 Å². The number of benzene rings is 2. The van der Waals surface area contributed by atoms with E-state index in [9.17, 15) is 14.0 Å².